The SMILES string of the molecule is COC(=O)CCCCNC(=O)c1cnc2c(cnn2Cc2ccccc2)c1. The van der Waals surface area contributed by atoms with E-state index in [2.05, 4.69) is 20.1 Å². The van der Waals surface area contributed by atoms with Crippen LogP contribution in [-0.4, -0.2) is 40.3 Å². The van der Waals surface area contributed by atoms with Gasteiger partial charge >= 0.3 is 5.97 Å². The number of ether oxygens (including phenoxy) is 1. The fourth-order valence-corrected chi connectivity index (χ4v) is 2.77. The lowest BCUT2D eigenvalue weighted by Gasteiger charge is -2.06. The van der Waals surface area contributed by atoms with Crippen molar-refractivity contribution >= 4 is 22.9 Å². The van der Waals surface area contributed by atoms with E-state index in [0.29, 0.717) is 37.9 Å². The molecule has 0 bridgehead atoms. The normalized spacial score (nSPS) is 10.7. The second-order valence-corrected chi connectivity index (χ2v) is 6.21. The molecule has 0 fully saturated rings. The largest absolute Gasteiger partial charge is 0.469 e. The average Bonchev–Trinajstić information content (AvgIpc) is 3.10. The molecular formula is C20H22N4O3. The van der Waals surface area contributed by atoms with Gasteiger partial charge in [-0.3, -0.25) is 9.59 Å². The zero-order valence-electron chi connectivity index (χ0n) is 15.2. The molecule has 0 aliphatic rings. The Hall–Kier alpha value is -3.22. The number of rotatable bonds is 8. The minimum atomic E-state index is -0.233. The number of methoxy groups -OCH3 is 1. The molecule has 7 heteroatoms. The van der Waals surface area contributed by atoms with Crippen LogP contribution in [-0.2, 0) is 16.1 Å². The van der Waals surface area contributed by atoms with Gasteiger partial charge in [0.15, 0.2) is 5.65 Å². The molecule has 3 aromatic rings. The van der Waals surface area contributed by atoms with Crippen LogP contribution in [0.25, 0.3) is 11.0 Å². The molecule has 2 heterocycles. The predicted molar refractivity (Wildman–Crippen MR) is 101 cm³/mol. The number of nitrogens with zero attached hydrogens (tertiary/aromatic N) is 3. The van der Waals surface area contributed by atoms with Gasteiger partial charge in [-0.05, 0) is 24.5 Å². The first-order valence-corrected chi connectivity index (χ1v) is 8.88. The van der Waals surface area contributed by atoms with E-state index >= 15 is 0 Å². The quantitative estimate of drug-likeness (QED) is 0.489. The van der Waals surface area contributed by atoms with Crippen LogP contribution < -0.4 is 5.32 Å². The smallest absolute Gasteiger partial charge is 0.305 e. The highest BCUT2D eigenvalue weighted by Gasteiger charge is 2.10. The number of amides is 1. The first-order valence-electron chi connectivity index (χ1n) is 8.88. The van der Waals surface area contributed by atoms with Crippen LogP contribution in [0, 0.1) is 0 Å². The average molecular weight is 366 g/mol. The van der Waals surface area contributed by atoms with E-state index in [9.17, 15) is 9.59 Å². The Morgan fingerprint density at radius 2 is 1.96 bits per heavy atom. The van der Waals surface area contributed by atoms with Gasteiger partial charge in [-0.25, -0.2) is 9.67 Å². The summed E-state index contributed by atoms with van der Waals surface area (Å²) in [4.78, 5) is 27.7. The van der Waals surface area contributed by atoms with Crippen molar-refractivity contribution in [1.82, 2.24) is 20.1 Å². The molecule has 0 unspecified atom stereocenters. The maximum absolute atomic E-state index is 12.3. The molecule has 0 atom stereocenters. The lowest BCUT2D eigenvalue weighted by atomic mass is 10.2. The molecule has 1 amide bonds. The third-order valence-electron chi connectivity index (χ3n) is 4.23. The Balaban J connectivity index is 1.58. The van der Waals surface area contributed by atoms with Crippen LogP contribution in [0.1, 0.15) is 35.2 Å². The van der Waals surface area contributed by atoms with E-state index in [1.807, 2.05) is 35.0 Å². The number of esters is 1. The molecule has 27 heavy (non-hydrogen) atoms. The summed E-state index contributed by atoms with van der Waals surface area (Å²) in [5, 5.41) is 8.05. The summed E-state index contributed by atoms with van der Waals surface area (Å²) in [6.07, 6.45) is 5.04. The highest BCUT2D eigenvalue weighted by atomic mass is 16.5. The Labute approximate surface area is 157 Å². The van der Waals surface area contributed by atoms with Crippen LogP contribution in [0.3, 0.4) is 0 Å². The molecule has 140 valence electrons. The number of hydrogen-bond acceptors (Lipinski definition) is 5. The summed E-state index contributed by atoms with van der Waals surface area (Å²) in [6.45, 7) is 1.13. The Kier molecular flexibility index (Phi) is 6.14. The van der Waals surface area contributed by atoms with Crippen LogP contribution in [0.4, 0.5) is 0 Å². The molecule has 0 aliphatic carbocycles. The van der Waals surface area contributed by atoms with E-state index in [0.717, 1.165) is 16.6 Å². The van der Waals surface area contributed by atoms with Gasteiger partial charge in [-0.1, -0.05) is 30.3 Å². The van der Waals surface area contributed by atoms with E-state index in [-0.39, 0.29) is 11.9 Å². The minimum absolute atomic E-state index is 0.182. The summed E-state index contributed by atoms with van der Waals surface area (Å²) in [6, 6.07) is 11.8. The van der Waals surface area contributed by atoms with Crippen molar-refractivity contribution in [3.05, 3.63) is 59.9 Å². The maximum Gasteiger partial charge on any atom is 0.305 e. The zero-order valence-corrected chi connectivity index (χ0v) is 15.2. The first-order chi connectivity index (χ1) is 13.2. The minimum Gasteiger partial charge on any atom is -0.469 e. The van der Waals surface area contributed by atoms with E-state index in [4.69, 9.17) is 0 Å². The van der Waals surface area contributed by atoms with Gasteiger partial charge in [0.25, 0.3) is 5.91 Å². The van der Waals surface area contributed by atoms with Crippen molar-refractivity contribution in [3.63, 3.8) is 0 Å². The van der Waals surface area contributed by atoms with Crippen LogP contribution in [0.15, 0.2) is 48.8 Å². The zero-order chi connectivity index (χ0) is 19.1. The Morgan fingerprint density at radius 3 is 2.74 bits per heavy atom. The number of carbonyl (C=O) groups is 2. The van der Waals surface area contributed by atoms with Gasteiger partial charge in [0.1, 0.15) is 0 Å². The van der Waals surface area contributed by atoms with Gasteiger partial charge in [-0.15, -0.1) is 0 Å². The lowest BCUT2D eigenvalue weighted by molar-refractivity contribution is -0.140. The molecule has 1 N–H and O–H groups in total. The second kappa shape index (κ2) is 8.93. The van der Waals surface area contributed by atoms with Gasteiger partial charge in [0.2, 0.25) is 0 Å². The number of benzene rings is 1. The highest BCUT2D eigenvalue weighted by Crippen LogP contribution is 2.14. The monoisotopic (exact) mass is 366 g/mol. The van der Waals surface area contributed by atoms with Gasteiger partial charge in [0, 0.05) is 24.5 Å². The number of carbonyl (C=O) groups excluding carboxylic acids is 2. The number of aromatic nitrogens is 3. The maximum atomic E-state index is 12.3. The van der Waals surface area contributed by atoms with Crippen molar-refractivity contribution in [2.45, 2.75) is 25.8 Å². The number of fused-ring (bicyclic) bond motifs is 1. The van der Waals surface area contributed by atoms with E-state index in [1.54, 1.807) is 18.5 Å². The molecule has 1 aromatic carbocycles. The van der Waals surface area contributed by atoms with Gasteiger partial charge in [-0.2, -0.15) is 5.10 Å². The predicted octanol–water partition coefficient (Wildman–Crippen LogP) is 2.55. The topological polar surface area (TPSA) is 86.1 Å². The number of hydrogen-bond donors (Lipinski definition) is 1. The van der Waals surface area contributed by atoms with Crippen molar-refractivity contribution < 1.29 is 14.3 Å². The Bertz CT molecular complexity index is 921. The summed E-state index contributed by atoms with van der Waals surface area (Å²) in [7, 11) is 1.37. The molecular weight excluding hydrogens is 344 g/mol. The van der Waals surface area contributed by atoms with Crippen LogP contribution in [0.2, 0.25) is 0 Å². The molecule has 0 aliphatic heterocycles. The fourth-order valence-electron chi connectivity index (χ4n) is 2.77. The van der Waals surface area contributed by atoms with Crippen LogP contribution >= 0.6 is 0 Å². The molecule has 2 aromatic heterocycles. The van der Waals surface area contributed by atoms with E-state index < -0.39 is 0 Å². The number of nitrogens with one attached hydrogen (secondary N) is 1. The van der Waals surface area contributed by atoms with Crippen molar-refractivity contribution in [1.29, 1.82) is 0 Å². The van der Waals surface area contributed by atoms with E-state index in [1.165, 1.54) is 7.11 Å². The van der Waals surface area contributed by atoms with Gasteiger partial charge < -0.3 is 10.1 Å². The number of unbranched alkanes of at least 4 members (excludes halogenated alkanes) is 1. The molecule has 3 rings (SSSR count). The lowest BCUT2D eigenvalue weighted by Crippen LogP contribution is -2.24. The van der Waals surface area contributed by atoms with Crippen molar-refractivity contribution in [2.75, 3.05) is 13.7 Å². The molecule has 7 nitrogen and oxygen atoms in total. The van der Waals surface area contributed by atoms with Crippen molar-refractivity contribution in [2.24, 2.45) is 0 Å². The standard InChI is InChI=1S/C20H22N4O3/c1-27-18(25)9-5-6-10-21-20(26)17-11-16-13-23-24(19(16)22-12-17)14-15-7-3-2-4-8-15/h2-4,7-8,11-13H,5-6,9-10,14H2,1H3,(H,21,26). The molecule has 0 saturated carbocycles. The summed E-state index contributed by atoms with van der Waals surface area (Å²) in [5.74, 6) is -0.415. The fraction of sp³-hybridized carbons (Fsp3) is 0.300. The molecule has 0 radical (unpaired) electrons. The second-order valence-electron chi connectivity index (χ2n) is 6.21. The summed E-state index contributed by atoms with van der Waals surface area (Å²) < 4.78 is 6.40. The summed E-state index contributed by atoms with van der Waals surface area (Å²) in [5.41, 5.74) is 2.38. The van der Waals surface area contributed by atoms with Crippen LogP contribution in [0.5, 0.6) is 0 Å². The summed E-state index contributed by atoms with van der Waals surface area (Å²) >= 11 is 0. The molecule has 0 spiro atoms. The third-order valence-corrected chi connectivity index (χ3v) is 4.23. The third kappa shape index (κ3) is 4.91. The number of pyridine rings is 1. The Morgan fingerprint density at radius 1 is 1.15 bits per heavy atom. The molecule has 0 saturated heterocycles. The highest BCUT2D eigenvalue weighted by molar-refractivity contribution is 5.96. The van der Waals surface area contributed by atoms with Gasteiger partial charge in [0.05, 0.1) is 25.4 Å². The first kappa shape index (κ1) is 18.6. The van der Waals surface area contributed by atoms with Crippen molar-refractivity contribution in [3.8, 4) is 0 Å².